The molecule has 252 valence electrons. The fourth-order valence-electron chi connectivity index (χ4n) is 4.63. The number of thiophene rings is 2. The van der Waals surface area contributed by atoms with Crippen molar-refractivity contribution in [3.8, 4) is 23.0 Å². The minimum Gasteiger partial charge on any atom is -0.493 e. The minimum absolute atomic E-state index is 0.00753. The lowest BCUT2D eigenvalue weighted by Crippen LogP contribution is -2.26. The van der Waals surface area contributed by atoms with E-state index in [0.717, 1.165) is 22.7 Å². The standard InChI is InChI=1S/C34H36F2O9S2/c1-17(37)33(2,3)15-20(38)26-11-18-24(46-26)13-22(42-6)30(28(18)35)44-9-8-10-45-31-23(43-7)14-25-19(29(31)36)12-27(47-25)21(39)16-34(4,5)32(40)41/h11-14H,8-10,15-16H2,1-7H3,(H,40,41). The van der Waals surface area contributed by atoms with Crippen LogP contribution in [-0.2, 0) is 9.59 Å². The SMILES string of the molecule is COc1cc2sc(C(=O)CC(C)(C)C(C)=O)cc2c(F)c1OCCCOc1c(OC)cc2sc(C(=O)CC(C)(C)C(=O)O)cc2c1F. The number of fused-ring (bicyclic) bond motifs is 2. The van der Waals surface area contributed by atoms with E-state index >= 15 is 8.78 Å². The monoisotopic (exact) mass is 690 g/mol. The fraction of sp³-hybridized carbons (Fsp3) is 0.412. The third-order valence-corrected chi connectivity index (χ3v) is 10.1. The van der Waals surface area contributed by atoms with E-state index in [-0.39, 0.29) is 82.7 Å². The number of ketones is 3. The van der Waals surface area contributed by atoms with Crippen molar-refractivity contribution >= 4 is 66.2 Å². The second-order valence-corrected chi connectivity index (χ2v) is 14.5. The molecule has 0 aliphatic rings. The van der Waals surface area contributed by atoms with Crippen LogP contribution in [0.1, 0.15) is 73.2 Å². The van der Waals surface area contributed by atoms with Gasteiger partial charge in [0, 0.05) is 57.0 Å². The van der Waals surface area contributed by atoms with Gasteiger partial charge in [-0.3, -0.25) is 19.2 Å². The summed E-state index contributed by atoms with van der Waals surface area (Å²) in [6.45, 7) is 7.65. The van der Waals surface area contributed by atoms with E-state index in [1.165, 1.54) is 47.1 Å². The Hall–Kier alpha value is -4.10. The molecule has 0 aliphatic heterocycles. The zero-order valence-electron chi connectivity index (χ0n) is 27.1. The maximum atomic E-state index is 15.6. The first-order valence-electron chi connectivity index (χ1n) is 14.7. The highest BCUT2D eigenvalue weighted by atomic mass is 32.1. The lowest BCUT2D eigenvalue weighted by Gasteiger charge is -2.19. The maximum Gasteiger partial charge on any atom is 0.309 e. The van der Waals surface area contributed by atoms with Crippen molar-refractivity contribution in [2.45, 2.75) is 53.9 Å². The number of Topliss-reactive ketones (excluding diaryl/α,β-unsaturated/α-hetero) is 3. The van der Waals surface area contributed by atoms with Crippen molar-refractivity contribution in [3.63, 3.8) is 0 Å². The van der Waals surface area contributed by atoms with Crippen molar-refractivity contribution < 1.29 is 52.0 Å². The van der Waals surface area contributed by atoms with Crippen LogP contribution in [0.5, 0.6) is 23.0 Å². The summed E-state index contributed by atoms with van der Waals surface area (Å²) in [4.78, 5) is 49.5. The van der Waals surface area contributed by atoms with Gasteiger partial charge in [-0.2, -0.15) is 0 Å². The summed E-state index contributed by atoms with van der Waals surface area (Å²) in [5.74, 6) is -3.42. The lowest BCUT2D eigenvalue weighted by molar-refractivity contribution is -0.146. The second kappa shape index (κ2) is 13.9. The highest BCUT2D eigenvalue weighted by molar-refractivity contribution is 7.21. The summed E-state index contributed by atoms with van der Waals surface area (Å²) in [5.41, 5.74) is -2.12. The average Bonchev–Trinajstić information content (AvgIpc) is 3.63. The topological polar surface area (TPSA) is 125 Å². The van der Waals surface area contributed by atoms with Gasteiger partial charge in [0.25, 0.3) is 0 Å². The first-order chi connectivity index (χ1) is 22.0. The van der Waals surface area contributed by atoms with Gasteiger partial charge >= 0.3 is 5.97 Å². The normalized spacial score (nSPS) is 11.9. The lowest BCUT2D eigenvalue weighted by atomic mass is 9.83. The third kappa shape index (κ3) is 7.57. The number of ether oxygens (including phenoxy) is 4. The fourth-order valence-corrected chi connectivity index (χ4v) is 6.68. The number of halogens is 2. The molecule has 0 unspecified atom stereocenters. The number of hydrogen-bond donors (Lipinski definition) is 1. The van der Waals surface area contributed by atoms with Gasteiger partial charge in [0.2, 0.25) is 0 Å². The van der Waals surface area contributed by atoms with Crippen molar-refractivity contribution in [3.05, 3.63) is 45.7 Å². The molecule has 0 fully saturated rings. The predicted molar refractivity (Wildman–Crippen MR) is 176 cm³/mol. The first kappa shape index (κ1) is 35.7. The Bertz CT molecular complexity index is 1740. The molecular formula is C34H36F2O9S2. The highest BCUT2D eigenvalue weighted by Gasteiger charge is 2.32. The predicted octanol–water partition coefficient (Wildman–Crippen LogP) is 8.13. The van der Waals surface area contributed by atoms with Crippen LogP contribution in [0.25, 0.3) is 20.2 Å². The number of carbonyl (C=O) groups excluding carboxylic acids is 3. The van der Waals surface area contributed by atoms with Crippen LogP contribution in [0, 0.1) is 22.5 Å². The smallest absolute Gasteiger partial charge is 0.309 e. The van der Waals surface area contributed by atoms with Gasteiger partial charge in [0.05, 0.1) is 42.6 Å². The van der Waals surface area contributed by atoms with E-state index in [1.54, 1.807) is 26.0 Å². The van der Waals surface area contributed by atoms with Gasteiger partial charge in [-0.05, 0) is 32.9 Å². The number of benzene rings is 2. The number of aliphatic carboxylic acids is 1. The molecule has 0 bridgehead atoms. The summed E-state index contributed by atoms with van der Waals surface area (Å²) in [5, 5.41) is 9.68. The third-order valence-electron chi connectivity index (χ3n) is 7.87. The number of hydrogen-bond acceptors (Lipinski definition) is 10. The Morgan fingerprint density at radius 3 is 1.49 bits per heavy atom. The molecule has 1 N–H and O–H groups in total. The number of rotatable bonds is 16. The largest absolute Gasteiger partial charge is 0.493 e. The Morgan fingerprint density at radius 1 is 0.723 bits per heavy atom. The van der Waals surface area contributed by atoms with Crippen LogP contribution in [0.15, 0.2) is 24.3 Å². The highest BCUT2D eigenvalue weighted by Crippen LogP contribution is 2.42. The first-order valence-corrected chi connectivity index (χ1v) is 16.3. The Kier molecular flexibility index (Phi) is 10.6. The van der Waals surface area contributed by atoms with Gasteiger partial charge in [-0.1, -0.05) is 13.8 Å². The molecule has 2 aromatic carbocycles. The van der Waals surface area contributed by atoms with E-state index in [9.17, 15) is 24.3 Å². The second-order valence-electron chi connectivity index (χ2n) is 12.4. The van der Waals surface area contributed by atoms with E-state index in [1.807, 2.05) is 0 Å². The molecule has 2 aromatic heterocycles. The maximum absolute atomic E-state index is 15.6. The van der Waals surface area contributed by atoms with Crippen LogP contribution >= 0.6 is 22.7 Å². The molecule has 0 amide bonds. The summed E-state index contributed by atoms with van der Waals surface area (Å²) < 4.78 is 54.2. The molecule has 2 heterocycles. The molecule has 13 heteroatoms. The van der Waals surface area contributed by atoms with Crippen LogP contribution < -0.4 is 18.9 Å². The Balaban J connectivity index is 1.46. The van der Waals surface area contributed by atoms with Crippen molar-refractivity contribution in [1.29, 1.82) is 0 Å². The van der Waals surface area contributed by atoms with E-state index in [0.29, 0.717) is 14.3 Å². The molecule has 9 nitrogen and oxygen atoms in total. The summed E-state index contributed by atoms with van der Waals surface area (Å²) >= 11 is 2.14. The molecule has 0 radical (unpaired) electrons. The molecule has 4 aromatic rings. The Labute approximate surface area is 278 Å². The van der Waals surface area contributed by atoms with E-state index in [2.05, 4.69) is 0 Å². The molecule has 4 rings (SSSR count). The summed E-state index contributed by atoms with van der Waals surface area (Å²) in [6.07, 6.45) is -0.0421. The molecule has 0 saturated carbocycles. The zero-order chi connectivity index (χ0) is 34.8. The van der Waals surface area contributed by atoms with Gasteiger partial charge in [0.15, 0.2) is 46.2 Å². The van der Waals surface area contributed by atoms with Crippen molar-refractivity contribution in [1.82, 2.24) is 0 Å². The van der Waals surface area contributed by atoms with E-state index < -0.39 is 34.2 Å². The van der Waals surface area contributed by atoms with Gasteiger partial charge in [0.1, 0.15) is 5.78 Å². The minimum atomic E-state index is -1.28. The van der Waals surface area contributed by atoms with Crippen LogP contribution in [0.2, 0.25) is 0 Å². The number of carbonyl (C=O) groups is 4. The zero-order valence-corrected chi connectivity index (χ0v) is 28.8. The van der Waals surface area contributed by atoms with Crippen LogP contribution in [-0.4, -0.2) is 55.9 Å². The molecule has 0 spiro atoms. The van der Waals surface area contributed by atoms with Crippen LogP contribution in [0.3, 0.4) is 0 Å². The Morgan fingerprint density at radius 2 is 1.13 bits per heavy atom. The molecule has 47 heavy (non-hydrogen) atoms. The molecule has 0 aliphatic carbocycles. The van der Waals surface area contributed by atoms with Gasteiger partial charge in [-0.15, -0.1) is 22.7 Å². The molecule has 0 atom stereocenters. The average molecular weight is 691 g/mol. The summed E-state index contributed by atoms with van der Waals surface area (Å²) in [6, 6.07) is 5.96. The quantitative estimate of drug-likeness (QED) is 0.0916. The molecule has 0 saturated heterocycles. The molecular weight excluding hydrogens is 654 g/mol. The number of methoxy groups -OCH3 is 2. The number of carboxylic acids is 1. The van der Waals surface area contributed by atoms with E-state index in [4.69, 9.17) is 18.9 Å². The summed E-state index contributed by atoms with van der Waals surface area (Å²) in [7, 11) is 2.72. The van der Waals surface area contributed by atoms with Crippen molar-refractivity contribution in [2.24, 2.45) is 10.8 Å². The van der Waals surface area contributed by atoms with Crippen molar-refractivity contribution in [2.75, 3.05) is 27.4 Å². The van der Waals surface area contributed by atoms with Gasteiger partial charge in [-0.25, -0.2) is 8.78 Å². The number of carboxylic acid groups (broad SMARTS) is 1. The van der Waals surface area contributed by atoms with Crippen LogP contribution in [0.4, 0.5) is 8.78 Å². The van der Waals surface area contributed by atoms with Gasteiger partial charge < -0.3 is 24.1 Å².